The van der Waals surface area contributed by atoms with E-state index in [0.29, 0.717) is 22.3 Å². The molecular weight excluding hydrogens is 440 g/mol. The highest BCUT2D eigenvalue weighted by atomic mass is 19.4. The van der Waals surface area contributed by atoms with Gasteiger partial charge in [0.25, 0.3) is 0 Å². The third-order valence-corrected chi connectivity index (χ3v) is 7.18. The van der Waals surface area contributed by atoms with Crippen molar-refractivity contribution in [2.24, 2.45) is 11.7 Å². The third-order valence-electron chi connectivity index (χ3n) is 7.18. The van der Waals surface area contributed by atoms with Crippen molar-refractivity contribution in [2.75, 3.05) is 7.11 Å². The molecule has 1 aliphatic heterocycles. The zero-order valence-electron chi connectivity index (χ0n) is 18.3. The second-order valence-electron chi connectivity index (χ2n) is 9.15. The first-order valence-electron chi connectivity index (χ1n) is 10.7. The largest absolute Gasteiger partial charge is 0.493 e. The average Bonchev–Trinajstić information content (AvgIpc) is 3.24. The highest BCUT2D eigenvalue weighted by Crippen LogP contribution is 2.59. The summed E-state index contributed by atoms with van der Waals surface area (Å²) in [5.41, 5.74) is 5.28. The number of aromatic nitrogens is 3. The van der Waals surface area contributed by atoms with Gasteiger partial charge in [-0.05, 0) is 31.9 Å². The van der Waals surface area contributed by atoms with E-state index >= 15 is 0 Å². The van der Waals surface area contributed by atoms with Gasteiger partial charge in [-0.15, -0.1) is 0 Å². The van der Waals surface area contributed by atoms with E-state index in [1.54, 1.807) is 18.3 Å². The molecule has 176 valence electrons. The Hall–Kier alpha value is -2.72. The van der Waals surface area contributed by atoms with E-state index in [-0.39, 0.29) is 11.6 Å². The summed E-state index contributed by atoms with van der Waals surface area (Å²) in [5.74, 6) is -2.50. The zero-order valence-corrected chi connectivity index (χ0v) is 18.3. The Bertz CT molecular complexity index is 1220. The van der Waals surface area contributed by atoms with Crippen molar-refractivity contribution in [1.82, 2.24) is 15.0 Å². The molecule has 0 unspecified atom stereocenters. The second-order valence-corrected chi connectivity index (χ2v) is 9.15. The minimum atomic E-state index is -4.66. The number of halogens is 4. The van der Waals surface area contributed by atoms with E-state index in [4.69, 9.17) is 15.2 Å². The van der Waals surface area contributed by atoms with E-state index in [9.17, 15) is 17.6 Å². The minimum Gasteiger partial charge on any atom is -0.493 e. The summed E-state index contributed by atoms with van der Waals surface area (Å²) < 4.78 is 68.0. The van der Waals surface area contributed by atoms with Gasteiger partial charge >= 0.3 is 6.18 Å². The molecule has 1 saturated heterocycles. The minimum absolute atomic E-state index is 0.105. The molecule has 2 aromatic heterocycles. The second kappa shape index (κ2) is 7.14. The highest BCUT2D eigenvalue weighted by Gasteiger charge is 2.65. The van der Waals surface area contributed by atoms with Crippen molar-refractivity contribution in [3.63, 3.8) is 0 Å². The highest BCUT2D eigenvalue weighted by molar-refractivity contribution is 5.78. The molecule has 0 bridgehead atoms. The summed E-state index contributed by atoms with van der Waals surface area (Å²) in [5, 5.41) is 0. The van der Waals surface area contributed by atoms with Crippen molar-refractivity contribution >= 4 is 11.0 Å². The molecule has 1 aliphatic carbocycles. The number of imidazole rings is 1. The van der Waals surface area contributed by atoms with Crippen LogP contribution in [0.5, 0.6) is 5.75 Å². The Labute approximate surface area is 187 Å². The number of hydrogen-bond donors (Lipinski definition) is 2. The monoisotopic (exact) mass is 464 g/mol. The number of alkyl halides is 3. The van der Waals surface area contributed by atoms with E-state index in [1.165, 1.54) is 26.2 Å². The number of hydrogen-bond acceptors (Lipinski definition) is 5. The Balaban J connectivity index is 1.68. The van der Waals surface area contributed by atoms with Gasteiger partial charge in [0, 0.05) is 23.6 Å². The standard InChI is InChI=1S/C23H24F4N4O2/c1-11-15(12-5-4-6-13(24)17(12)32-3)18(33-21(11,2)23(25,26)27)20-30-14-7-10-29-19(16(14)31-20)22(28)8-9-22/h4-7,10-11,15,18H,8-9,28H2,1-3H3,(H,30,31)/t11-,15-,18+,21+/m0/s1. The van der Waals surface area contributed by atoms with Gasteiger partial charge in [-0.25, -0.2) is 9.37 Å². The van der Waals surface area contributed by atoms with Gasteiger partial charge in [0.05, 0.1) is 23.9 Å². The fraction of sp³-hybridized carbons (Fsp3) is 0.478. The van der Waals surface area contributed by atoms with E-state index in [2.05, 4.69) is 15.0 Å². The molecular formula is C23H24F4N4O2. The number of benzene rings is 1. The lowest BCUT2D eigenvalue weighted by atomic mass is 9.77. The maximum Gasteiger partial charge on any atom is 0.417 e. The topological polar surface area (TPSA) is 86.0 Å². The average molecular weight is 464 g/mol. The zero-order chi connectivity index (χ0) is 23.8. The van der Waals surface area contributed by atoms with Crippen LogP contribution in [0.4, 0.5) is 17.6 Å². The molecule has 4 atom stereocenters. The molecule has 1 saturated carbocycles. The van der Waals surface area contributed by atoms with Crippen LogP contribution < -0.4 is 10.5 Å². The van der Waals surface area contributed by atoms with E-state index < -0.39 is 41.1 Å². The summed E-state index contributed by atoms with van der Waals surface area (Å²) >= 11 is 0. The number of nitrogens with zero attached hydrogens (tertiary/aromatic N) is 2. The van der Waals surface area contributed by atoms with Crippen LogP contribution in [0.25, 0.3) is 11.0 Å². The molecule has 3 N–H and O–H groups in total. The summed E-state index contributed by atoms with van der Waals surface area (Å²) in [6.45, 7) is 2.47. The van der Waals surface area contributed by atoms with Crippen LogP contribution >= 0.6 is 0 Å². The van der Waals surface area contributed by atoms with Crippen molar-refractivity contribution in [3.8, 4) is 5.75 Å². The number of aromatic amines is 1. The number of rotatable bonds is 4. The number of methoxy groups -OCH3 is 1. The summed E-state index contributed by atoms with van der Waals surface area (Å²) in [6.07, 6.45) is -2.68. The molecule has 2 fully saturated rings. The van der Waals surface area contributed by atoms with Gasteiger partial charge in [0.2, 0.25) is 0 Å². The lowest BCUT2D eigenvalue weighted by Gasteiger charge is -2.32. The lowest BCUT2D eigenvalue weighted by molar-refractivity contribution is -0.275. The van der Waals surface area contributed by atoms with Gasteiger partial charge in [0.1, 0.15) is 17.4 Å². The van der Waals surface area contributed by atoms with Crippen LogP contribution in [0.3, 0.4) is 0 Å². The van der Waals surface area contributed by atoms with Crippen LogP contribution in [0.2, 0.25) is 0 Å². The van der Waals surface area contributed by atoms with Gasteiger partial charge < -0.3 is 20.2 Å². The number of para-hydroxylation sites is 1. The van der Waals surface area contributed by atoms with Crippen LogP contribution in [-0.2, 0) is 10.3 Å². The Kier molecular flexibility index (Phi) is 4.78. The first-order chi connectivity index (χ1) is 15.5. The van der Waals surface area contributed by atoms with Crippen molar-refractivity contribution in [2.45, 2.75) is 56.0 Å². The first kappa shape index (κ1) is 22.1. The molecule has 33 heavy (non-hydrogen) atoms. The van der Waals surface area contributed by atoms with Crippen LogP contribution in [0.15, 0.2) is 30.5 Å². The van der Waals surface area contributed by atoms with Crippen LogP contribution in [-0.4, -0.2) is 33.8 Å². The fourth-order valence-corrected chi connectivity index (χ4v) is 4.86. The van der Waals surface area contributed by atoms with Gasteiger partial charge in [-0.2, -0.15) is 13.2 Å². The molecule has 3 aromatic rings. The quantitative estimate of drug-likeness (QED) is 0.539. The van der Waals surface area contributed by atoms with Crippen LogP contribution in [0.1, 0.15) is 55.8 Å². The third kappa shape index (κ3) is 3.22. The molecule has 2 aliphatic rings. The fourth-order valence-electron chi connectivity index (χ4n) is 4.86. The van der Waals surface area contributed by atoms with Crippen molar-refractivity contribution in [3.05, 3.63) is 53.4 Å². The molecule has 10 heteroatoms. The Morgan fingerprint density at radius 1 is 1.24 bits per heavy atom. The number of fused-ring (bicyclic) bond motifs is 1. The van der Waals surface area contributed by atoms with Gasteiger partial charge in [-0.3, -0.25) is 4.98 Å². The normalized spacial score (nSPS) is 28.9. The SMILES string of the molecule is COc1c(F)cccc1[C@H]1[C@H](c2nc3c(C4(N)CC4)nccc3[nH]2)O[C@@](C)(C(F)(F)F)[C@H]1C. The summed E-state index contributed by atoms with van der Waals surface area (Å²) in [6, 6.07) is 5.92. The Morgan fingerprint density at radius 2 is 1.97 bits per heavy atom. The molecule has 0 spiro atoms. The van der Waals surface area contributed by atoms with Gasteiger partial charge in [0.15, 0.2) is 17.2 Å². The molecule has 0 amide bonds. The molecule has 0 radical (unpaired) electrons. The smallest absolute Gasteiger partial charge is 0.417 e. The maximum atomic E-state index is 14.5. The van der Waals surface area contributed by atoms with Crippen LogP contribution in [0, 0.1) is 11.7 Å². The summed E-state index contributed by atoms with van der Waals surface area (Å²) in [7, 11) is 1.29. The number of H-pyrrole nitrogens is 1. The first-order valence-corrected chi connectivity index (χ1v) is 10.7. The number of nitrogens with two attached hydrogens (primary N) is 1. The maximum absolute atomic E-state index is 14.5. The Morgan fingerprint density at radius 3 is 2.61 bits per heavy atom. The van der Waals surface area contributed by atoms with Crippen molar-refractivity contribution < 1.29 is 27.0 Å². The number of nitrogens with one attached hydrogen (secondary N) is 1. The predicted molar refractivity (Wildman–Crippen MR) is 112 cm³/mol. The molecule has 6 nitrogen and oxygen atoms in total. The number of ether oxygens (including phenoxy) is 2. The predicted octanol–water partition coefficient (Wildman–Crippen LogP) is 4.87. The van der Waals surface area contributed by atoms with E-state index in [1.807, 2.05) is 0 Å². The number of pyridine rings is 1. The lowest BCUT2D eigenvalue weighted by Crippen LogP contribution is -2.46. The molecule has 5 rings (SSSR count). The van der Waals surface area contributed by atoms with E-state index in [0.717, 1.165) is 19.8 Å². The van der Waals surface area contributed by atoms with Crippen molar-refractivity contribution in [1.29, 1.82) is 0 Å². The van der Waals surface area contributed by atoms with Gasteiger partial charge in [-0.1, -0.05) is 19.1 Å². The molecule has 3 heterocycles. The summed E-state index contributed by atoms with van der Waals surface area (Å²) in [4.78, 5) is 12.1. The molecule has 1 aromatic carbocycles.